The first-order chi connectivity index (χ1) is 5.60. The minimum Gasteiger partial charge on any atom is -0.396 e. The van der Waals surface area contributed by atoms with E-state index in [0.29, 0.717) is 12.5 Å². The Morgan fingerprint density at radius 2 is 1.92 bits per heavy atom. The Kier molecular flexibility index (Phi) is 5.56. The molecular weight excluding hydrogens is 148 g/mol. The minimum absolute atomic E-state index is 0.148. The van der Waals surface area contributed by atoms with E-state index in [4.69, 9.17) is 0 Å². The van der Waals surface area contributed by atoms with Crippen LogP contribution in [0.15, 0.2) is 0 Å². The van der Waals surface area contributed by atoms with Gasteiger partial charge in [-0.3, -0.25) is 0 Å². The largest absolute Gasteiger partial charge is 0.396 e. The summed E-state index contributed by atoms with van der Waals surface area (Å²) in [7, 11) is 0. The smallest absolute Gasteiger partial charge is 0.0487 e. The Morgan fingerprint density at radius 3 is 2.25 bits per heavy atom. The van der Waals surface area contributed by atoms with Gasteiger partial charge in [0.2, 0.25) is 0 Å². The molecule has 0 aromatic carbocycles. The average Bonchev–Trinajstić information content (AvgIpc) is 2.12. The molecule has 0 aliphatic carbocycles. The van der Waals surface area contributed by atoms with E-state index in [1.165, 1.54) is 19.3 Å². The van der Waals surface area contributed by atoms with E-state index in [1.807, 2.05) is 0 Å². The van der Waals surface area contributed by atoms with Gasteiger partial charge in [0, 0.05) is 6.61 Å². The van der Waals surface area contributed by atoms with E-state index in [0.717, 1.165) is 6.42 Å². The Hall–Kier alpha value is -0.0400. The maximum atomic E-state index is 9.26. The lowest BCUT2D eigenvalue weighted by molar-refractivity contribution is 0.0767. The Labute approximate surface area is 77.2 Å². The predicted octanol–water partition coefficient (Wildman–Crippen LogP) is 3.22. The first kappa shape index (κ1) is 12.0. The number of aliphatic hydroxyl groups excluding tert-OH is 1. The van der Waals surface area contributed by atoms with Gasteiger partial charge in [0.05, 0.1) is 0 Å². The van der Waals surface area contributed by atoms with Gasteiger partial charge < -0.3 is 5.11 Å². The van der Waals surface area contributed by atoms with Crippen molar-refractivity contribution in [1.29, 1.82) is 0 Å². The third-order valence-electron chi connectivity index (χ3n) is 3.35. The fraction of sp³-hybridized carbons (Fsp3) is 1.00. The molecule has 74 valence electrons. The summed E-state index contributed by atoms with van der Waals surface area (Å²) in [6.07, 6.45) is 4.88. The van der Waals surface area contributed by atoms with Crippen LogP contribution >= 0.6 is 0 Å². The first-order valence-corrected chi connectivity index (χ1v) is 5.21. The Morgan fingerprint density at radius 1 is 1.33 bits per heavy atom. The molecule has 1 nitrogen and oxygen atoms in total. The van der Waals surface area contributed by atoms with E-state index in [1.54, 1.807) is 0 Å². The van der Waals surface area contributed by atoms with E-state index in [-0.39, 0.29) is 5.41 Å². The minimum atomic E-state index is 0.148. The maximum Gasteiger partial charge on any atom is 0.0487 e. The molecule has 2 unspecified atom stereocenters. The highest BCUT2D eigenvalue weighted by atomic mass is 16.3. The van der Waals surface area contributed by atoms with Crippen LogP contribution in [0.2, 0.25) is 0 Å². The Balaban J connectivity index is 3.93. The summed E-state index contributed by atoms with van der Waals surface area (Å²) in [5, 5.41) is 9.26. The summed E-state index contributed by atoms with van der Waals surface area (Å²) in [5.41, 5.74) is 0.148. The molecule has 0 spiro atoms. The van der Waals surface area contributed by atoms with Gasteiger partial charge in [-0.2, -0.15) is 0 Å². The zero-order valence-electron chi connectivity index (χ0n) is 9.06. The quantitative estimate of drug-likeness (QED) is 0.652. The molecule has 1 N–H and O–H groups in total. The fourth-order valence-electron chi connectivity index (χ4n) is 1.47. The van der Waals surface area contributed by atoms with Crippen LogP contribution in [0.4, 0.5) is 0 Å². The molecule has 0 aliphatic rings. The molecule has 0 saturated carbocycles. The van der Waals surface area contributed by atoms with Crippen LogP contribution in [-0.2, 0) is 0 Å². The highest BCUT2D eigenvalue weighted by molar-refractivity contribution is 4.77. The number of hydrogen-bond acceptors (Lipinski definition) is 1. The van der Waals surface area contributed by atoms with E-state index in [2.05, 4.69) is 27.7 Å². The van der Waals surface area contributed by atoms with Crippen molar-refractivity contribution in [3.8, 4) is 0 Å². The second kappa shape index (κ2) is 5.58. The number of aliphatic hydroxyl groups is 1. The summed E-state index contributed by atoms with van der Waals surface area (Å²) in [6, 6.07) is 0. The molecule has 0 radical (unpaired) electrons. The number of rotatable bonds is 6. The van der Waals surface area contributed by atoms with Crippen LogP contribution in [0, 0.1) is 11.3 Å². The van der Waals surface area contributed by atoms with Crippen LogP contribution in [-0.4, -0.2) is 11.7 Å². The molecule has 0 heterocycles. The van der Waals surface area contributed by atoms with Crippen LogP contribution in [0.3, 0.4) is 0 Å². The SMILES string of the molecule is CCCCC(C)C(C)(CC)CO. The summed E-state index contributed by atoms with van der Waals surface area (Å²) in [6.45, 7) is 9.16. The summed E-state index contributed by atoms with van der Waals surface area (Å²) in [5.74, 6) is 0.646. The molecular formula is C11H24O. The monoisotopic (exact) mass is 172 g/mol. The second-order valence-corrected chi connectivity index (χ2v) is 4.21. The highest BCUT2D eigenvalue weighted by Gasteiger charge is 2.27. The third kappa shape index (κ3) is 3.14. The van der Waals surface area contributed by atoms with Gasteiger partial charge in [0.1, 0.15) is 0 Å². The standard InChI is InChI=1S/C11H24O/c1-5-7-8-10(3)11(4,6-2)9-12/h10,12H,5-9H2,1-4H3. The van der Waals surface area contributed by atoms with Gasteiger partial charge in [-0.1, -0.05) is 47.0 Å². The topological polar surface area (TPSA) is 20.2 Å². The van der Waals surface area contributed by atoms with Gasteiger partial charge in [-0.15, -0.1) is 0 Å². The molecule has 1 heteroatoms. The highest BCUT2D eigenvalue weighted by Crippen LogP contribution is 2.33. The predicted molar refractivity (Wildman–Crippen MR) is 54.2 cm³/mol. The third-order valence-corrected chi connectivity index (χ3v) is 3.35. The molecule has 0 aromatic rings. The van der Waals surface area contributed by atoms with Gasteiger partial charge in [0.25, 0.3) is 0 Å². The van der Waals surface area contributed by atoms with Gasteiger partial charge >= 0.3 is 0 Å². The van der Waals surface area contributed by atoms with Crippen LogP contribution in [0.5, 0.6) is 0 Å². The molecule has 0 rings (SSSR count). The fourth-order valence-corrected chi connectivity index (χ4v) is 1.47. The van der Waals surface area contributed by atoms with E-state index in [9.17, 15) is 5.11 Å². The molecule has 0 saturated heterocycles. The molecule has 0 aliphatic heterocycles. The van der Waals surface area contributed by atoms with Crippen LogP contribution in [0.25, 0.3) is 0 Å². The van der Waals surface area contributed by atoms with E-state index >= 15 is 0 Å². The number of hydrogen-bond donors (Lipinski definition) is 1. The maximum absolute atomic E-state index is 9.26. The summed E-state index contributed by atoms with van der Waals surface area (Å²) < 4.78 is 0. The molecule has 2 atom stereocenters. The first-order valence-electron chi connectivity index (χ1n) is 5.21. The second-order valence-electron chi connectivity index (χ2n) is 4.21. The van der Waals surface area contributed by atoms with Crippen molar-refractivity contribution in [2.75, 3.05) is 6.61 Å². The van der Waals surface area contributed by atoms with E-state index < -0.39 is 0 Å². The molecule has 0 aromatic heterocycles. The molecule has 12 heavy (non-hydrogen) atoms. The van der Waals surface area contributed by atoms with Gasteiger partial charge in [0.15, 0.2) is 0 Å². The normalized spacial score (nSPS) is 18.8. The number of unbranched alkanes of at least 4 members (excludes halogenated alkanes) is 1. The average molecular weight is 172 g/mol. The van der Waals surface area contributed by atoms with Crippen LogP contribution < -0.4 is 0 Å². The summed E-state index contributed by atoms with van der Waals surface area (Å²) in [4.78, 5) is 0. The van der Waals surface area contributed by atoms with Crippen LogP contribution in [0.1, 0.15) is 53.4 Å². The zero-order chi connectivity index (χ0) is 9.61. The van der Waals surface area contributed by atoms with Crippen molar-refractivity contribution in [3.63, 3.8) is 0 Å². The van der Waals surface area contributed by atoms with Crippen molar-refractivity contribution in [2.45, 2.75) is 53.4 Å². The van der Waals surface area contributed by atoms with Gasteiger partial charge in [-0.25, -0.2) is 0 Å². The van der Waals surface area contributed by atoms with Crippen molar-refractivity contribution in [3.05, 3.63) is 0 Å². The Bertz CT molecular complexity index is 106. The molecule has 0 bridgehead atoms. The lowest BCUT2D eigenvalue weighted by atomic mass is 9.74. The van der Waals surface area contributed by atoms with Crippen molar-refractivity contribution in [1.82, 2.24) is 0 Å². The van der Waals surface area contributed by atoms with Crippen molar-refractivity contribution >= 4 is 0 Å². The molecule has 0 amide bonds. The summed E-state index contributed by atoms with van der Waals surface area (Å²) >= 11 is 0. The zero-order valence-corrected chi connectivity index (χ0v) is 9.06. The van der Waals surface area contributed by atoms with Gasteiger partial charge in [-0.05, 0) is 17.8 Å². The van der Waals surface area contributed by atoms with Crippen molar-refractivity contribution in [2.24, 2.45) is 11.3 Å². The lowest BCUT2D eigenvalue weighted by Crippen LogP contribution is -2.28. The molecule has 0 fully saturated rings. The lowest BCUT2D eigenvalue weighted by Gasteiger charge is -2.32. The van der Waals surface area contributed by atoms with Crippen molar-refractivity contribution < 1.29 is 5.11 Å².